The van der Waals surface area contributed by atoms with Gasteiger partial charge >= 0.3 is 11.9 Å². The fraction of sp³-hybridized carbons (Fsp3) is 0.667. The summed E-state index contributed by atoms with van der Waals surface area (Å²) < 4.78 is 0. The zero-order chi connectivity index (χ0) is 12.6. The lowest BCUT2D eigenvalue weighted by molar-refractivity contribution is -0.142. The molecule has 16 heavy (non-hydrogen) atoms. The minimum absolute atomic E-state index is 0.220. The van der Waals surface area contributed by atoms with Crippen molar-refractivity contribution in [3.05, 3.63) is 0 Å². The fourth-order valence-corrected chi connectivity index (χ4v) is 1.07. The van der Waals surface area contributed by atoms with Crippen LogP contribution in [-0.4, -0.2) is 40.6 Å². The van der Waals surface area contributed by atoms with E-state index < -0.39 is 23.9 Å². The molecule has 0 saturated heterocycles. The summed E-state index contributed by atoms with van der Waals surface area (Å²) in [6.45, 7) is 0.342. The van der Waals surface area contributed by atoms with Crippen LogP contribution in [0.25, 0.3) is 0 Å². The van der Waals surface area contributed by atoms with Crippen LogP contribution in [0.4, 0.5) is 0 Å². The number of rotatable bonds is 8. The first-order valence-corrected chi connectivity index (χ1v) is 4.91. The Balaban J connectivity index is 4.02. The largest absolute Gasteiger partial charge is 0.481 e. The van der Waals surface area contributed by atoms with Crippen LogP contribution in [0.2, 0.25) is 0 Å². The molecule has 7 heteroatoms. The summed E-state index contributed by atoms with van der Waals surface area (Å²) in [5.41, 5.74) is 5.22. The van der Waals surface area contributed by atoms with Crippen molar-refractivity contribution in [3.63, 3.8) is 0 Å². The lowest BCUT2D eigenvalue weighted by Gasteiger charge is -2.13. The van der Waals surface area contributed by atoms with Gasteiger partial charge in [0.15, 0.2) is 0 Å². The average Bonchev–Trinajstić information content (AvgIpc) is 2.20. The maximum absolute atomic E-state index is 11.2. The number of hydrogen-bond acceptors (Lipinski definition) is 4. The van der Waals surface area contributed by atoms with Crippen molar-refractivity contribution in [2.75, 3.05) is 6.54 Å². The quantitative estimate of drug-likeness (QED) is 0.431. The highest BCUT2D eigenvalue weighted by Crippen LogP contribution is 1.98. The predicted octanol–water partition coefficient (Wildman–Crippen LogP) is -0.840. The average molecular weight is 232 g/mol. The monoisotopic (exact) mass is 232 g/mol. The van der Waals surface area contributed by atoms with E-state index >= 15 is 0 Å². The van der Waals surface area contributed by atoms with Crippen LogP contribution >= 0.6 is 0 Å². The Morgan fingerprint density at radius 1 is 1.19 bits per heavy atom. The first-order valence-electron chi connectivity index (χ1n) is 4.91. The number of amides is 1. The van der Waals surface area contributed by atoms with Gasteiger partial charge in [0.1, 0.15) is 6.04 Å². The van der Waals surface area contributed by atoms with Gasteiger partial charge in [0, 0.05) is 6.42 Å². The first-order chi connectivity index (χ1) is 7.47. The third-order valence-corrected chi connectivity index (χ3v) is 1.90. The molecule has 5 N–H and O–H groups in total. The second-order valence-electron chi connectivity index (χ2n) is 3.28. The highest BCUT2D eigenvalue weighted by Gasteiger charge is 2.19. The van der Waals surface area contributed by atoms with Gasteiger partial charge in [-0.05, 0) is 19.4 Å². The molecule has 0 aromatic rings. The molecule has 0 aliphatic heterocycles. The van der Waals surface area contributed by atoms with Crippen LogP contribution in [0.15, 0.2) is 0 Å². The second kappa shape index (κ2) is 7.63. The Morgan fingerprint density at radius 3 is 2.25 bits per heavy atom. The van der Waals surface area contributed by atoms with Crippen LogP contribution in [0.3, 0.4) is 0 Å². The molecular formula is C9H16N2O5. The van der Waals surface area contributed by atoms with E-state index in [0.29, 0.717) is 13.0 Å². The van der Waals surface area contributed by atoms with Gasteiger partial charge in [-0.2, -0.15) is 0 Å². The molecular weight excluding hydrogens is 216 g/mol. The van der Waals surface area contributed by atoms with Gasteiger partial charge in [-0.15, -0.1) is 0 Å². The van der Waals surface area contributed by atoms with Gasteiger partial charge in [0.05, 0.1) is 6.42 Å². The third kappa shape index (κ3) is 6.77. The molecule has 0 aliphatic rings. The minimum Gasteiger partial charge on any atom is -0.481 e. The topological polar surface area (TPSA) is 130 Å². The Hall–Kier alpha value is -1.63. The van der Waals surface area contributed by atoms with E-state index in [-0.39, 0.29) is 19.3 Å². The molecule has 0 aromatic carbocycles. The van der Waals surface area contributed by atoms with Gasteiger partial charge in [0.25, 0.3) is 0 Å². The Morgan fingerprint density at radius 2 is 1.81 bits per heavy atom. The molecule has 0 spiro atoms. The zero-order valence-electron chi connectivity index (χ0n) is 8.81. The maximum Gasteiger partial charge on any atom is 0.326 e. The second-order valence-corrected chi connectivity index (χ2v) is 3.28. The lowest BCUT2D eigenvalue weighted by Crippen LogP contribution is -2.41. The van der Waals surface area contributed by atoms with Crippen molar-refractivity contribution in [2.24, 2.45) is 5.73 Å². The lowest BCUT2D eigenvalue weighted by atomic mass is 10.1. The molecule has 92 valence electrons. The zero-order valence-corrected chi connectivity index (χ0v) is 8.81. The maximum atomic E-state index is 11.2. The van der Waals surface area contributed by atoms with Crippen LogP contribution in [0.5, 0.6) is 0 Å². The van der Waals surface area contributed by atoms with Gasteiger partial charge in [-0.25, -0.2) is 4.79 Å². The number of hydrogen-bond donors (Lipinski definition) is 4. The smallest absolute Gasteiger partial charge is 0.326 e. The van der Waals surface area contributed by atoms with Crippen molar-refractivity contribution in [3.8, 4) is 0 Å². The Bertz CT molecular complexity index is 267. The normalized spacial score (nSPS) is 11.8. The van der Waals surface area contributed by atoms with Gasteiger partial charge in [-0.3, -0.25) is 9.59 Å². The van der Waals surface area contributed by atoms with E-state index in [1.807, 2.05) is 0 Å². The van der Waals surface area contributed by atoms with Crippen molar-refractivity contribution in [1.82, 2.24) is 5.32 Å². The minimum atomic E-state index is -1.14. The summed E-state index contributed by atoms with van der Waals surface area (Å²) in [6.07, 6.45) is 0.192. The van der Waals surface area contributed by atoms with Crippen LogP contribution < -0.4 is 11.1 Å². The number of carbonyl (C=O) groups is 3. The summed E-state index contributed by atoms with van der Waals surface area (Å²) >= 11 is 0. The number of carboxylic acid groups (broad SMARTS) is 2. The molecule has 1 atom stereocenters. The molecule has 0 rings (SSSR count). The summed E-state index contributed by atoms with van der Waals surface area (Å²) in [7, 11) is 0. The molecule has 1 amide bonds. The number of nitrogens with one attached hydrogen (secondary N) is 1. The Kier molecular flexibility index (Phi) is 6.86. The highest BCUT2D eigenvalue weighted by atomic mass is 16.4. The van der Waals surface area contributed by atoms with E-state index in [0.717, 1.165) is 0 Å². The fourth-order valence-electron chi connectivity index (χ4n) is 1.07. The SMILES string of the molecule is NCCCC(NC(=O)CCC(=O)O)C(=O)O. The van der Waals surface area contributed by atoms with E-state index in [1.165, 1.54) is 0 Å². The molecule has 7 nitrogen and oxygen atoms in total. The first kappa shape index (κ1) is 14.4. The predicted molar refractivity (Wildman–Crippen MR) is 54.7 cm³/mol. The molecule has 0 aliphatic carbocycles. The van der Waals surface area contributed by atoms with E-state index in [1.54, 1.807) is 0 Å². The molecule has 0 heterocycles. The molecule has 0 saturated carbocycles. The van der Waals surface area contributed by atoms with Crippen LogP contribution in [-0.2, 0) is 14.4 Å². The summed E-state index contributed by atoms with van der Waals surface area (Å²) in [5, 5.41) is 19.3. The number of carbonyl (C=O) groups excluding carboxylic acids is 1. The third-order valence-electron chi connectivity index (χ3n) is 1.90. The molecule has 0 aromatic heterocycles. The number of carboxylic acids is 2. The molecule has 0 radical (unpaired) electrons. The van der Waals surface area contributed by atoms with E-state index in [2.05, 4.69) is 5.32 Å². The highest BCUT2D eigenvalue weighted by molar-refractivity contribution is 5.85. The number of aliphatic carboxylic acids is 2. The molecule has 1 unspecified atom stereocenters. The summed E-state index contributed by atoms with van der Waals surface area (Å²) in [4.78, 5) is 32.0. The number of nitrogens with two attached hydrogens (primary N) is 1. The van der Waals surface area contributed by atoms with E-state index in [9.17, 15) is 14.4 Å². The van der Waals surface area contributed by atoms with Gasteiger partial charge < -0.3 is 21.3 Å². The van der Waals surface area contributed by atoms with Crippen molar-refractivity contribution in [1.29, 1.82) is 0 Å². The summed E-state index contributed by atoms with van der Waals surface area (Å²) in [5.74, 6) is -2.81. The molecule has 0 bridgehead atoms. The molecule has 0 fully saturated rings. The van der Waals surface area contributed by atoms with Crippen LogP contribution in [0, 0.1) is 0 Å². The summed E-state index contributed by atoms with van der Waals surface area (Å²) in [6, 6.07) is -0.996. The van der Waals surface area contributed by atoms with Crippen molar-refractivity contribution in [2.45, 2.75) is 31.7 Å². The standard InChI is InChI=1S/C9H16N2O5/c10-5-1-2-6(9(15)16)11-7(12)3-4-8(13)14/h6H,1-5,10H2,(H,11,12)(H,13,14)(H,15,16). The van der Waals surface area contributed by atoms with Crippen LogP contribution in [0.1, 0.15) is 25.7 Å². The Labute approximate surface area is 92.6 Å². The van der Waals surface area contributed by atoms with Gasteiger partial charge in [-0.1, -0.05) is 0 Å². The van der Waals surface area contributed by atoms with Crippen molar-refractivity contribution >= 4 is 17.8 Å². The van der Waals surface area contributed by atoms with Crippen molar-refractivity contribution < 1.29 is 24.6 Å². The van der Waals surface area contributed by atoms with E-state index in [4.69, 9.17) is 15.9 Å². The van der Waals surface area contributed by atoms with Gasteiger partial charge in [0.2, 0.25) is 5.91 Å².